The summed E-state index contributed by atoms with van der Waals surface area (Å²) in [6, 6.07) is 6.86. The zero-order valence-corrected chi connectivity index (χ0v) is 3.10. The van der Waals surface area contributed by atoms with E-state index in [2.05, 4.69) is 23.3 Å². The molecule has 27 valence electrons. The maximum absolute atomic E-state index is 3.57. The SMILES string of the molecule is [c]1[c]ccn[c]1. The summed E-state index contributed by atoms with van der Waals surface area (Å²) in [7, 11) is 0. The maximum atomic E-state index is 3.57. The summed E-state index contributed by atoms with van der Waals surface area (Å²) in [6.45, 7) is 0. The summed E-state index contributed by atoms with van der Waals surface area (Å²) < 4.78 is 0. The summed E-state index contributed by atoms with van der Waals surface area (Å²) >= 11 is 0. The van der Waals surface area contributed by atoms with E-state index < -0.39 is 0 Å². The van der Waals surface area contributed by atoms with Crippen LogP contribution in [0.5, 0.6) is 0 Å². The fourth-order valence-corrected chi connectivity index (χ4v) is 0.218. The molecule has 1 nitrogen and oxygen atoms in total. The predicted molar refractivity (Wildman–Crippen MR) is 20.7 cm³/mol. The molecule has 1 aromatic heterocycles. The van der Waals surface area contributed by atoms with Gasteiger partial charge in [-0.25, -0.2) is 0 Å². The highest BCUT2D eigenvalue weighted by molar-refractivity contribution is 4.82. The molecule has 0 amide bonds. The molecule has 0 aliphatic rings. The van der Waals surface area contributed by atoms with E-state index in [1.807, 2.05) is 0 Å². The highest BCUT2D eigenvalue weighted by Gasteiger charge is 1.62. The van der Waals surface area contributed by atoms with Gasteiger partial charge in [-0.15, -0.1) is 0 Å². The number of nitrogens with zero attached hydrogens (tertiary/aromatic N) is 1. The van der Waals surface area contributed by atoms with Crippen molar-refractivity contribution in [3.8, 4) is 0 Å². The first kappa shape index (κ1) is 3.34. The van der Waals surface area contributed by atoms with Crippen LogP contribution in [0.4, 0.5) is 0 Å². The van der Waals surface area contributed by atoms with Crippen molar-refractivity contribution in [3.63, 3.8) is 0 Å². The van der Waals surface area contributed by atoms with Crippen LogP contribution in [0.15, 0.2) is 12.3 Å². The van der Waals surface area contributed by atoms with Gasteiger partial charge in [-0.3, -0.25) is 4.98 Å². The highest BCUT2D eigenvalue weighted by Crippen LogP contribution is 1.69. The van der Waals surface area contributed by atoms with E-state index in [-0.39, 0.29) is 0 Å². The first-order valence-corrected chi connectivity index (χ1v) is 1.60. The minimum atomic E-state index is 1.61. The van der Waals surface area contributed by atoms with Gasteiger partial charge in [0.15, 0.2) is 0 Å². The van der Waals surface area contributed by atoms with Gasteiger partial charge < -0.3 is 0 Å². The van der Waals surface area contributed by atoms with Crippen molar-refractivity contribution in [2.45, 2.75) is 0 Å². The quantitative estimate of drug-likeness (QED) is 0.438. The third-order valence-electron chi connectivity index (χ3n) is 0.425. The standard InChI is InChI=1S/C5H2N/c1-2-4-6-5-3-1/h2,4H. The molecule has 1 heteroatoms. The first-order valence-electron chi connectivity index (χ1n) is 1.60. The molecular formula is C5H2N. The van der Waals surface area contributed by atoms with Crippen LogP contribution >= 0.6 is 0 Å². The minimum Gasteiger partial charge on any atom is -0.254 e. The molecular weight excluding hydrogens is 74.1 g/mol. The van der Waals surface area contributed by atoms with Crippen molar-refractivity contribution in [3.05, 3.63) is 30.6 Å². The lowest BCUT2D eigenvalue weighted by atomic mass is 10.5. The molecule has 6 heavy (non-hydrogen) atoms. The van der Waals surface area contributed by atoms with Crippen molar-refractivity contribution >= 4 is 0 Å². The van der Waals surface area contributed by atoms with E-state index in [1.165, 1.54) is 0 Å². The van der Waals surface area contributed by atoms with Gasteiger partial charge >= 0.3 is 0 Å². The van der Waals surface area contributed by atoms with Crippen LogP contribution in [-0.4, -0.2) is 4.98 Å². The second-order valence-corrected chi connectivity index (χ2v) is 0.826. The molecule has 0 bridgehead atoms. The predicted octanol–water partition coefficient (Wildman–Crippen LogP) is 0.482. The van der Waals surface area contributed by atoms with Crippen LogP contribution in [0.2, 0.25) is 0 Å². The molecule has 1 rings (SSSR count). The summed E-state index contributed by atoms with van der Waals surface area (Å²) in [5.74, 6) is 0. The molecule has 0 N–H and O–H groups in total. The number of hydrogen-bond acceptors (Lipinski definition) is 1. The van der Waals surface area contributed by atoms with Gasteiger partial charge in [-0.1, -0.05) is 0 Å². The van der Waals surface area contributed by atoms with E-state index in [0.29, 0.717) is 0 Å². The van der Waals surface area contributed by atoms with Crippen molar-refractivity contribution in [2.75, 3.05) is 0 Å². The fraction of sp³-hybridized carbons (Fsp3) is 0. The molecule has 0 saturated carbocycles. The Balaban J connectivity index is 3.00. The number of rotatable bonds is 0. The molecule has 0 fully saturated rings. The summed E-state index contributed by atoms with van der Waals surface area (Å²) in [5.41, 5.74) is 0. The fourth-order valence-electron chi connectivity index (χ4n) is 0.218. The summed E-state index contributed by atoms with van der Waals surface area (Å²) in [4.78, 5) is 3.57. The third kappa shape index (κ3) is 0.549. The van der Waals surface area contributed by atoms with Crippen LogP contribution in [0.25, 0.3) is 0 Å². The maximum Gasteiger partial charge on any atom is 0.0978 e. The number of aromatic nitrogens is 1. The summed E-state index contributed by atoms with van der Waals surface area (Å²) in [6.07, 6.45) is 4.07. The van der Waals surface area contributed by atoms with Crippen LogP contribution in [0, 0.1) is 18.3 Å². The van der Waals surface area contributed by atoms with Crippen LogP contribution in [0.3, 0.4) is 0 Å². The Hall–Kier alpha value is -0.850. The zero-order chi connectivity index (χ0) is 4.24. The third-order valence-corrected chi connectivity index (χ3v) is 0.425. The minimum absolute atomic E-state index is 1.61. The average molecular weight is 76.1 g/mol. The Morgan fingerprint density at radius 1 is 1.50 bits per heavy atom. The average Bonchev–Trinajstić information content (AvgIpc) is 1.72. The summed E-state index contributed by atoms with van der Waals surface area (Å²) in [5, 5.41) is 0. The second-order valence-electron chi connectivity index (χ2n) is 0.826. The van der Waals surface area contributed by atoms with Crippen LogP contribution in [-0.2, 0) is 0 Å². The molecule has 0 unspecified atom stereocenters. The lowest BCUT2D eigenvalue weighted by molar-refractivity contribution is 1.30. The molecule has 0 aliphatic heterocycles. The van der Waals surface area contributed by atoms with E-state index in [1.54, 1.807) is 12.3 Å². The Labute approximate surface area is 36.7 Å². The Morgan fingerprint density at radius 2 is 2.50 bits per heavy atom. The van der Waals surface area contributed by atoms with Crippen molar-refractivity contribution < 1.29 is 0 Å². The van der Waals surface area contributed by atoms with E-state index in [9.17, 15) is 0 Å². The lowest BCUT2D eigenvalue weighted by Gasteiger charge is -1.66. The monoisotopic (exact) mass is 76.0 g/mol. The van der Waals surface area contributed by atoms with Gasteiger partial charge in [0.05, 0.1) is 6.20 Å². The van der Waals surface area contributed by atoms with E-state index >= 15 is 0 Å². The van der Waals surface area contributed by atoms with E-state index in [4.69, 9.17) is 0 Å². The number of pyridine rings is 1. The first-order chi connectivity index (χ1) is 3.00. The normalized spacial score (nSPS) is 8.00. The highest BCUT2D eigenvalue weighted by atomic mass is 14.6. The second kappa shape index (κ2) is 1.55. The molecule has 3 radical (unpaired) electrons. The van der Waals surface area contributed by atoms with Gasteiger partial charge in [-0.05, 0) is 12.1 Å². The Morgan fingerprint density at radius 3 is 2.67 bits per heavy atom. The molecule has 1 aromatic rings. The van der Waals surface area contributed by atoms with Crippen molar-refractivity contribution in [1.29, 1.82) is 0 Å². The smallest absolute Gasteiger partial charge is 0.0978 e. The lowest BCUT2D eigenvalue weighted by Crippen LogP contribution is -1.62. The van der Waals surface area contributed by atoms with Crippen molar-refractivity contribution in [1.82, 2.24) is 4.98 Å². The molecule has 1 heterocycles. The van der Waals surface area contributed by atoms with Crippen molar-refractivity contribution in [2.24, 2.45) is 0 Å². The molecule has 0 aliphatic carbocycles. The Kier molecular flexibility index (Phi) is 0.865. The molecule has 0 atom stereocenters. The van der Waals surface area contributed by atoms with Crippen LogP contribution < -0.4 is 0 Å². The van der Waals surface area contributed by atoms with Gasteiger partial charge in [0, 0.05) is 12.3 Å². The largest absolute Gasteiger partial charge is 0.254 e. The topological polar surface area (TPSA) is 12.9 Å². The molecule has 0 spiro atoms. The van der Waals surface area contributed by atoms with E-state index in [0.717, 1.165) is 0 Å². The zero-order valence-electron chi connectivity index (χ0n) is 3.10. The molecule has 0 aromatic carbocycles. The Bertz CT molecular complexity index is 75.9. The van der Waals surface area contributed by atoms with Gasteiger partial charge in [0.2, 0.25) is 0 Å². The number of hydrogen-bond donors (Lipinski definition) is 0. The van der Waals surface area contributed by atoms with Gasteiger partial charge in [-0.2, -0.15) is 0 Å². The molecule has 0 saturated heterocycles. The van der Waals surface area contributed by atoms with Gasteiger partial charge in [0.1, 0.15) is 0 Å². The van der Waals surface area contributed by atoms with Gasteiger partial charge in [0.25, 0.3) is 0 Å². The van der Waals surface area contributed by atoms with Crippen LogP contribution in [0.1, 0.15) is 0 Å².